The predicted molar refractivity (Wildman–Crippen MR) is 110 cm³/mol. The first kappa shape index (κ1) is 17.3. The Hall–Kier alpha value is -2.83. The van der Waals surface area contributed by atoms with Gasteiger partial charge in [0.2, 0.25) is 0 Å². The molecular weight excluding hydrogens is 370 g/mol. The number of nitrogens with two attached hydrogens (primary N) is 1. The second kappa shape index (κ2) is 6.96. The van der Waals surface area contributed by atoms with Crippen LogP contribution in [0.2, 0.25) is 0 Å². The number of anilines is 1. The molecule has 0 saturated heterocycles. The van der Waals surface area contributed by atoms with Crippen LogP contribution in [-0.2, 0) is 17.6 Å². The summed E-state index contributed by atoms with van der Waals surface area (Å²) in [6, 6.07) is 17.9. The Balaban J connectivity index is 1.38. The van der Waals surface area contributed by atoms with Crippen molar-refractivity contribution in [2.24, 2.45) is 5.14 Å². The van der Waals surface area contributed by atoms with Gasteiger partial charge in [-0.25, -0.2) is 0 Å². The van der Waals surface area contributed by atoms with E-state index >= 15 is 0 Å². The molecule has 3 heterocycles. The van der Waals surface area contributed by atoms with Crippen LogP contribution in [0.15, 0.2) is 65.7 Å². The number of benzene rings is 2. The van der Waals surface area contributed by atoms with Gasteiger partial charge in [0.25, 0.3) is 5.91 Å². The highest BCUT2D eigenvalue weighted by molar-refractivity contribution is 7.97. The van der Waals surface area contributed by atoms with Crippen molar-refractivity contribution >= 4 is 23.5 Å². The molecule has 6 heteroatoms. The summed E-state index contributed by atoms with van der Waals surface area (Å²) in [5, 5.41) is 5.69. The van der Waals surface area contributed by atoms with Crippen molar-refractivity contribution in [3.05, 3.63) is 71.9 Å². The van der Waals surface area contributed by atoms with Crippen LogP contribution in [0.25, 0.3) is 11.3 Å². The molecule has 0 saturated carbocycles. The number of carbonyl (C=O) groups is 1. The largest absolute Gasteiger partial charge is 0.480 e. The minimum atomic E-state index is -0.492. The van der Waals surface area contributed by atoms with Crippen LogP contribution in [0.1, 0.15) is 11.1 Å². The van der Waals surface area contributed by atoms with Crippen LogP contribution in [0.5, 0.6) is 5.75 Å². The second-order valence-electron chi connectivity index (χ2n) is 7.00. The molecule has 5 rings (SSSR count). The predicted octanol–water partition coefficient (Wildman–Crippen LogP) is 3.61. The number of hydrogen-bond acceptors (Lipinski definition) is 5. The smallest absolute Gasteiger partial charge is 0.268 e. The van der Waals surface area contributed by atoms with E-state index in [0.717, 1.165) is 39.6 Å². The van der Waals surface area contributed by atoms with Gasteiger partial charge in [0.05, 0.1) is 5.69 Å². The minimum Gasteiger partial charge on any atom is -0.480 e. The Bertz CT molecular complexity index is 1050. The third kappa shape index (κ3) is 2.95. The van der Waals surface area contributed by atoms with Gasteiger partial charge >= 0.3 is 0 Å². The van der Waals surface area contributed by atoms with E-state index in [2.05, 4.69) is 17.1 Å². The summed E-state index contributed by atoms with van der Waals surface area (Å²) in [7, 11) is 0. The Labute approximate surface area is 167 Å². The maximum Gasteiger partial charge on any atom is 0.268 e. The number of hydrogen-bond donors (Lipinski definition) is 1. The van der Waals surface area contributed by atoms with Crippen molar-refractivity contribution in [2.75, 3.05) is 11.4 Å². The van der Waals surface area contributed by atoms with E-state index in [9.17, 15) is 4.79 Å². The SMILES string of the molecule is NSc1ccc2c(c1)N(C(=O)C1Cc3cc(-c4ccccn4)ccc3O1)CC2. The van der Waals surface area contributed by atoms with Crippen molar-refractivity contribution in [1.82, 2.24) is 4.98 Å². The van der Waals surface area contributed by atoms with E-state index in [1.807, 2.05) is 47.4 Å². The number of fused-ring (bicyclic) bond motifs is 2. The number of nitrogens with zero attached hydrogens (tertiary/aromatic N) is 2. The fraction of sp³-hybridized carbons (Fsp3) is 0.182. The lowest BCUT2D eigenvalue weighted by molar-refractivity contribution is -0.124. The highest BCUT2D eigenvalue weighted by Gasteiger charge is 2.35. The van der Waals surface area contributed by atoms with E-state index in [-0.39, 0.29) is 5.91 Å². The molecule has 0 fully saturated rings. The standard InChI is InChI=1S/C22H19N3O2S/c23-28-17-6-4-14-8-10-25(19(14)13-17)22(26)21-12-16-11-15(5-7-20(16)27-21)18-3-1-2-9-24-18/h1-7,9,11,13,21H,8,10,12,23H2. The Morgan fingerprint density at radius 3 is 2.89 bits per heavy atom. The number of ether oxygens (including phenoxy) is 1. The third-order valence-corrected chi connectivity index (χ3v) is 5.85. The third-order valence-electron chi connectivity index (χ3n) is 5.33. The lowest BCUT2D eigenvalue weighted by Gasteiger charge is -2.21. The average Bonchev–Trinajstić information content (AvgIpc) is 3.37. The van der Waals surface area contributed by atoms with Crippen LogP contribution in [0, 0.1) is 0 Å². The Kier molecular flexibility index (Phi) is 4.30. The molecule has 0 bridgehead atoms. The number of carbonyl (C=O) groups excluding carboxylic acids is 1. The molecule has 1 aromatic heterocycles. The van der Waals surface area contributed by atoms with Gasteiger partial charge in [-0.3, -0.25) is 14.9 Å². The number of rotatable bonds is 3. The number of amides is 1. The van der Waals surface area contributed by atoms with Gasteiger partial charge < -0.3 is 9.64 Å². The van der Waals surface area contributed by atoms with Crippen molar-refractivity contribution in [1.29, 1.82) is 0 Å². The molecule has 5 nitrogen and oxygen atoms in total. The molecular formula is C22H19N3O2S. The van der Waals surface area contributed by atoms with Gasteiger partial charge in [-0.1, -0.05) is 12.1 Å². The van der Waals surface area contributed by atoms with E-state index in [1.165, 1.54) is 17.5 Å². The van der Waals surface area contributed by atoms with Crippen LogP contribution >= 0.6 is 11.9 Å². The van der Waals surface area contributed by atoms with E-state index in [4.69, 9.17) is 9.88 Å². The molecule has 2 N–H and O–H groups in total. The first-order valence-corrected chi connectivity index (χ1v) is 10.1. The monoisotopic (exact) mass is 389 g/mol. The summed E-state index contributed by atoms with van der Waals surface area (Å²) in [4.78, 5) is 20.4. The maximum atomic E-state index is 13.2. The molecule has 0 aliphatic carbocycles. The molecule has 2 aromatic carbocycles. The zero-order valence-electron chi connectivity index (χ0n) is 15.2. The maximum absolute atomic E-state index is 13.2. The number of aromatic nitrogens is 1. The molecule has 2 aliphatic heterocycles. The molecule has 1 amide bonds. The molecule has 0 spiro atoms. The summed E-state index contributed by atoms with van der Waals surface area (Å²) in [6.45, 7) is 0.683. The highest BCUT2D eigenvalue weighted by Crippen LogP contribution is 2.36. The normalized spacial score (nSPS) is 17.2. The van der Waals surface area contributed by atoms with Crippen LogP contribution in [0.3, 0.4) is 0 Å². The van der Waals surface area contributed by atoms with Gasteiger partial charge in [-0.2, -0.15) is 0 Å². The Morgan fingerprint density at radius 2 is 2.07 bits per heavy atom. The van der Waals surface area contributed by atoms with E-state index < -0.39 is 6.10 Å². The fourth-order valence-corrected chi connectivity index (χ4v) is 4.24. The topological polar surface area (TPSA) is 68.5 Å². The van der Waals surface area contributed by atoms with Crippen molar-refractivity contribution in [2.45, 2.75) is 23.8 Å². The summed E-state index contributed by atoms with van der Waals surface area (Å²) in [5.74, 6) is 0.789. The molecule has 1 atom stereocenters. The molecule has 2 aliphatic rings. The molecule has 0 radical (unpaired) electrons. The van der Waals surface area contributed by atoms with E-state index in [0.29, 0.717) is 13.0 Å². The van der Waals surface area contributed by atoms with Gasteiger partial charge in [0.15, 0.2) is 6.10 Å². The fourth-order valence-electron chi connectivity index (χ4n) is 3.91. The second-order valence-corrected chi connectivity index (χ2v) is 7.70. The average molecular weight is 389 g/mol. The first-order chi connectivity index (χ1) is 13.7. The van der Waals surface area contributed by atoms with Crippen molar-refractivity contribution in [3.63, 3.8) is 0 Å². The van der Waals surface area contributed by atoms with Crippen molar-refractivity contribution in [3.8, 4) is 17.0 Å². The Morgan fingerprint density at radius 1 is 1.14 bits per heavy atom. The summed E-state index contributed by atoms with van der Waals surface area (Å²) in [5.41, 5.74) is 5.13. The summed E-state index contributed by atoms with van der Waals surface area (Å²) < 4.78 is 6.00. The van der Waals surface area contributed by atoms with Crippen LogP contribution < -0.4 is 14.8 Å². The lowest BCUT2D eigenvalue weighted by Crippen LogP contribution is -2.40. The summed E-state index contributed by atoms with van der Waals surface area (Å²) >= 11 is 1.19. The highest BCUT2D eigenvalue weighted by atomic mass is 32.2. The molecule has 140 valence electrons. The van der Waals surface area contributed by atoms with Crippen LogP contribution in [-0.4, -0.2) is 23.5 Å². The quantitative estimate of drug-likeness (QED) is 0.693. The zero-order valence-corrected chi connectivity index (χ0v) is 16.0. The zero-order chi connectivity index (χ0) is 19.1. The lowest BCUT2D eigenvalue weighted by atomic mass is 10.0. The van der Waals surface area contributed by atoms with Gasteiger partial charge in [-0.15, -0.1) is 0 Å². The van der Waals surface area contributed by atoms with E-state index in [1.54, 1.807) is 6.20 Å². The first-order valence-electron chi connectivity index (χ1n) is 9.25. The van der Waals surface area contributed by atoms with Gasteiger partial charge in [0.1, 0.15) is 5.75 Å². The van der Waals surface area contributed by atoms with Gasteiger partial charge in [0, 0.05) is 35.3 Å². The van der Waals surface area contributed by atoms with Crippen LogP contribution in [0.4, 0.5) is 5.69 Å². The molecule has 3 aromatic rings. The molecule has 1 unspecified atom stereocenters. The molecule has 28 heavy (non-hydrogen) atoms. The van der Waals surface area contributed by atoms with Gasteiger partial charge in [-0.05, 0) is 72.0 Å². The minimum absolute atomic E-state index is 0.00788. The number of pyridine rings is 1. The summed E-state index contributed by atoms with van der Waals surface area (Å²) in [6.07, 6.45) is 2.73. The van der Waals surface area contributed by atoms with Crippen molar-refractivity contribution < 1.29 is 9.53 Å².